The van der Waals surface area contributed by atoms with Crippen molar-refractivity contribution in [2.24, 2.45) is 0 Å². The van der Waals surface area contributed by atoms with Gasteiger partial charge in [0, 0.05) is 11.3 Å². The maximum Gasteiger partial charge on any atom is 0.119 e. The van der Waals surface area contributed by atoms with Crippen molar-refractivity contribution in [2.45, 2.75) is 12.2 Å². The number of hydrogen-bond acceptors (Lipinski definition) is 2. The number of phenols is 1. The van der Waals surface area contributed by atoms with E-state index in [1.807, 2.05) is 18.2 Å². The molecule has 2 heteroatoms. The topological polar surface area (TPSA) is 20.2 Å². The van der Waals surface area contributed by atoms with Gasteiger partial charge in [-0.25, -0.2) is 0 Å². The molecule has 0 fully saturated rings. The highest BCUT2D eigenvalue weighted by Crippen LogP contribution is 2.23. The summed E-state index contributed by atoms with van der Waals surface area (Å²) >= 11 is 4.15. The minimum absolute atomic E-state index is 0.323. The van der Waals surface area contributed by atoms with Gasteiger partial charge in [-0.3, -0.25) is 0 Å². The van der Waals surface area contributed by atoms with Crippen LogP contribution in [0.15, 0.2) is 30.9 Å². The summed E-state index contributed by atoms with van der Waals surface area (Å²) in [5.74, 6) is 0.889. The number of benzene rings is 1. The summed E-state index contributed by atoms with van der Waals surface area (Å²) in [7, 11) is 0. The van der Waals surface area contributed by atoms with Crippen molar-refractivity contribution in [2.75, 3.05) is 0 Å². The van der Waals surface area contributed by atoms with Gasteiger partial charge in [0.15, 0.2) is 0 Å². The van der Waals surface area contributed by atoms with Crippen LogP contribution >= 0.6 is 12.6 Å². The molecule has 12 heavy (non-hydrogen) atoms. The molecule has 0 aliphatic rings. The molecule has 0 aliphatic carbocycles. The third-order valence-corrected chi connectivity index (χ3v) is 2.09. The van der Waals surface area contributed by atoms with Gasteiger partial charge in [0.2, 0.25) is 0 Å². The standard InChI is InChI=1S/C10H12OS/c1-2-4-8-5-3-6-10(11)9(8)7-12/h2-3,5-6,11-12H,1,4,7H2. The normalized spacial score (nSPS) is 9.75. The van der Waals surface area contributed by atoms with Crippen LogP contribution in [-0.2, 0) is 12.2 Å². The minimum Gasteiger partial charge on any atom is -0.508 e. The van der Waals surface area contributed by atoms with Crippen molar-refractivity contribution in [1.82, 2.24) is 0 Å². The maximum atomic E-state index is 9.43. The van der Waals surface area contributed by atoms with E-state index < -0.39 is 0 Å². The molecule has 0 heterocycles. The van der Waals surface area contributed by atoms with Gasteiger partial charge < -0.3 is 5.11 Å². The summed E-state index contributed by atoms with van der Waals surface area (Å²) in [6, 6.07) is 5.49. The maximum absolute atomic E-state index is 9.43. The second kappa shape index (κ2) is 4.21. The van der Waals surface area contributed by atoms with E-state index >= 15 is 0 Å². The van der Waals surface area contributed by atoms with Crippen molar-refractivity contribution < 1.29 is 5.11 Å². The van der Waals surface area contributed by atoms with Crippen LogP contribution in [0, 0.1) is 0 Å². The van der Waals surface area contributed by atoms with Crippen LogP contribution in [0.2, 0.25) is 0 Å². The van der Waals surface area contributed by atoms with Gasteiger partial charge >= 0.3 is 0 Å². The Morgan fingerprint density at radius 1 is 1.50 bits per heavy atom. The van der Waals surface area contributed by atoms with E-state index in [2.05, 4.69) is 19.2 Å². The van der Waals surface area contributed by atoms with Crippen LogP contribution in [0.5, 0.6) is 5.75 Å². The van der Waals surface area contributed by atoms with E-state index in [1.165, 1.54) is 0 Å². The Bertz CT molecular complexity index is 281. The number of thiol groups is 1. The molecular formula is C10H12OS. The van der Waals surface area contributed by atoms with E-state index in [-0.39, 0.29) is 0 Å². The van der Waals surface area contributed by atoms with Gasteiger partial charge in [-0.15, -0.1) is 6.58 Å². The van der Waals surface area contributed by atoms with Crippen LogP contribution in [0.25, 0.3) is 0 Å². The number of hydrogen-bond donors (Lipinski definition) is 2. The van der Waals surface area contributed by atoms with Crippen LogP contribution in [0.1, 0.15) is 11.1 Å². The highest BCUT2D eigenvalue weighted by molar-refractivity contribution is 7.79. The minimum atomic E-state index is 0.323. The molecule has 0 atom stereocenters. The van der Waals surface area contributed by atoms with Gasteiger partial charge in [0.05, 0.1) is 0 Å². The summed E-state index contributed by atoms with van der Waals surface area (Å²) in [6.07, 6.45) is 2.60. The Labute approximate surface area is 78.2 Å². The molecular weight excluding hydrogens is 168 g/mol. The monoisotopic (exact) mass is 180 g/mol. The molecule has 64 valence electrons. The van der Waals surface area contributed by atoms with Crippen LogP contribution in [-0.4, -0.2) is 5.11 Å². The molecule has 0 radical (unpaired) electrons. The molecule has 0 unspecified atom stereocenters. The predicted molar refractivity (Wildman–Crippen MR) is 54.7 cm³/mol. The largest absolute Gasteiger partial charge is 0.508 e. The lowest BCUT2D eigenvalue weighted by Gasteiger charge is -2.06. The fourth-order valence-electron chi connectivity index (χ4n) is 1.15. The summed E-state index contributed by atoms with van der Waals surface area (Å²) in [5, 5.41) is 9.43. The summed E-state index contributed by atoms with van der Waals surface area (Å²) in [4.78, 5) is 0. The third-order valence-electron chi connectivity index (χ3n) is 1.77. The van der Waals surface area contributed by atoms with Crippen molar-refractivity contribution in [1.29, 1.82) is 0 Å². The molecule has 0 aliphatic heterocycles. The quantitative estimate of drug-likeness (QED) is 0.541. The second-order valence-corrected chi connectivity index (χ2v) is 2.88. The average molecular weight is 180 g/mol. The smallest absolute Gasteiger partial charge is 0.119 e. The molecule has 1 N–H and O–H groups in total. The average Bonchev–Trinajstić information content (AvgIpc) is 2.05. The lowest BCUT2D eigenvalue weighted by atomic mass is 10.1. The van der Waals surface area contributed by atoms with Crippen molar-refractivity contribution >= 4 is 12.6 Å². The molecule has 1 aromatic rings. The summed E-state index contributed by atoms with van der Waals surface area (Å²) in [5.41, 5.74) is 2.00. The molecule has 0 amide bonds. The first kappa shape index (κ1) is 9.20. The van der Waals surface area contributed by atoms with Crippen LogP contribution in [0.3, 0.4) is 0 Å². The van der Waals surface area contributed by atoms with Crippen LogP contribution in [0.4, 0.5) is 0 Å². The fraction of sp³-hybridized carbons (Fsp3) is 0.200. The SMILES string of the molecule is C=CCc1cccc(O)c1CS. The molecule has 0 aromatic heterocycles. The van der Waals surface area contributed by atoms with Gasteiger partial charge in [0.25, 0.3) is 0 Å². The number of phenolic OH excluding ortho intramolecular Hbond substituents is 1. The van der Waals surface area contributed by atoms with Crippen molar-refractivity contribution in [3.63, 3.8) is 0 Å². The Morgan fingerprint density at radius 3 is 2.83 bits per heavy atom. The highest BCUT2D eigenvalue weighted by atomic mass is 32.1. The zero-order chi connectivity index (χ0) is 8.97. The second-order valence-electron chi connectivity index (χ2n) is 2.57. The zero-order valence-corrected chi connectivity index (χ0v) is 7.72. The molecule has 1 nitrogen and oxygen atoms in total. The van der Waals surface area contributed by atoms with Gasteiger partial charge in [-0.2, -0.15) is 12.6 Å². The highest BCUT2D eigenvalue weighted by Gasteiger charge is 2.03. The first-order valence-corrected chi connectivity index (χ1v) is 4.44. The van der Waals surface area contributed by atoms with E-state index in [9.17, 15) is 5.11 Å². The predicted octanol–water partition coefficient (Wildman–Crippen LogP) is 2.55. The van der Waals surface area contributed by atoms with E-state index in [4.69, 9.17) is 0 Å². The number of aromatic hydroxyl groups is 1. The fourth-order valence-corrected chi connectivity index (χ4v) is 1.52. The third kappa shape index (κ3) is 1.83. The molecule has 0 saturated carbocycles. The lowest BCUT2D eigenvalue weighted by Crippen LogP contribution is -1.89. The molecule has 0 saturated heterocycles. The van der Waals surface area contributed by atoms with Crippen molar-refractivity contribution in [3.05, 3.63) is 42.0 Å². The lowest BCUT2D eigenvalue weighted by molar-refractivity contribution is 0.470. The summed E-state index contributed by atoms with van der Waals surface area (Å²) in [6.45, 7) is 3.65. The van der Waals surface area contributed by atoms with Crippen molar-refractivity contribution in [3.8, 4) is 5.75 Å². The Hall–Kier alpha value is -0.890. The van der Waals surface area contributed by atoms with E-state index in [0.29, 0.717) is 11.5 Å². The molecule has 0 bridgehead atoms. The Balaban J connectivity index is 3.08. The first-order valence-electron chi connectivity index (χ1n) is 3.81. The molecule has 1 rings (SSSR count). The van der Waals surface area contributed by atoms with Gasteiger partial charge in [0.1, 0.15) is 5.75 Å². The molecule has 1 aromatic carbocycles. The van der Waals surface area contributed by atoms with E-state index in [0.717, 1.165) is 17.5 Å². The van der Waals surface area contributed by atoms with Gasteiger partial charge in [-0.1, -0.05) is 18.2 Å². The Morgan fingerprint density at radius 2 is 2.25 bits per heavy atom. The number of allylic oxidation sites excluding steroid dienone is 1. The van der Waals surface area contributed by atoms with E-state index in [1.54, 1.807) is 6.07 Å². The Kier molecular flexibility index (Phi) is 3.23. The van der Waals surface area contributed by atoms with Crippen LogP contribution < -0.4 is 0 Å². The number of rotatable bonds is 3. The summed E-state index contributed by atoms with van der Waals surface area (Å²) < 4.78 is 0. The molecule has 0 spiro atoms. The van der Waals surface area contributed by atoms with Gasteiger partial charge in [-0.05, 0) is 18.1 Å². The zero-order valence-electron chi connectivity index (χ0n) is 6.83. The first-order chi connectivity index (χ1) is 5.79.